The summed E-state index contributed by atoms with van der Waals surface area (Å²) in [6.45, 7) is 1.62. The second-order valence-electron chi connectivity index (χ2n) is 4.12. The van der Waals surface area contributed by atoms with Gasteiger partial charge in [-0.05, 0) is 6.92 Å². The zero-order valence-corrected chi connectivity index (χ0v) is 7.82. The van der Waals surface area contributed by atoms with Crippen molar-refractivity contribution in [2.75, 3.05) is 0 Å². The van der Waals surface area contributed by atoms with E-state index in [0.717, 1.165) is 0 Å². The third-order valence-corrected chi connectivity index (χ3v) is 5.37. The standard InChI is InChI=1S/C7H10O5S/c1-7-2-3-4(8)5(6(7)11-3)12-13(7,9)10/h3-6,8H,2H2,1H3. The molecule has 74 valence electrons. The first-order chi connectivity index (χ1) is 5.96. The van der Waals surface area contributed by atoms with E-state index in [1.807, 2.05) is 0 Å². The highest BCUT2D eigenvalue weighted by molar-refractivity contribution is 7.88. The summed E-state index contributed by atoms with van der Waals surface area (Å²) in [5.74, 6) is 0. The summed E-state index contributed by atoms with van der Waals surface area (Å²) >= 11 is 0. The van der Waals surface area contributed by atoms with Crippen LogP contribution in [0.5, 0.6) is 0 Å². The molecule has 0 spiro atoms. The summed E-state index contributed by atoms with van der Waals surface area (Å²) in [6, 6.07) is 0. The second kappa shape index (κ2) is 1.93. The first kappa shape index (κ1) is 8.16. The zero-order chi connectivity index (χ0) is 9.43. The van der Waals surface area contributed by atoms with Crippen LogP contribution >= 0.6 is 0 Å². The van der Waals surface area contributed by atoms with E-state index in [9.17, 15) is 13.5 Å². The van der Waals surface area contributed by atoms with Crippen molar-refractivity contribution in [2.24, 2.45) is 0 Å². The molecule has 0 radical (unpaired) electrons. The summed E-state index contributed by atoms with van der Waals surface area (Å²) in [5.41, 5.74) is 0. The van der Waals surface area contributed by atoms with Gasteiger partial charge in [0.1, 0.15) is 23.1 Å². The van der Waals surface area contributed by atoms with E-state index in [4.69, 9.17) is 8.92 Å². The van der Waals surface area contributed by atoms with Crippen LogP contribution in [-0.4, -0.2) is 42.7 Å². The van der Waals surface area contributed by atoms with Crippen LogP contribution < -0.4 is 0 Å². The van der Waals surface area contributed by atoms with E-state index >= 15 is 0 Å². The van der Waals surface area contributed by atoms with E-state index in [1.54, 1.807) is 6.92 Å². The maximum Gasteiger partial charge on any atom is 0.276 e. The van der Waals surface area contributed by atoms with Crippen molar-refractivity contribution in [1.29, 1.82) is 0 Å². The van der Waals surface area contributed by atoms with E-state index < -0.39 is 33.2 Å². The highest BCUT2D eigenvalue weighted by Gasteiger charge is 2.72. The number of aliphatic hydroxyl groups is 1. The van der Waals surface area contributed by atoms with Crippen molar-refractivity contribution in [1.82, 2.24) is 0 Å². The minimum Gasteiger partial charge on any atom is -0.388 e. The minimum atomic E-state index is -3.55. The molecule has 5 unspecified atom stereocenters. The van der Waals surface area contributed by atoms with Crippen LogP contribution in [0.25, 0.3) is 0 Å². The Labute approximate surface area is 75.8 Å². The van der Waals surface area contributed by atoms with Crippen LogP contribution in [0.1, 0.15) is 13.3 Å². The monoisotopic (exact) mass is 206 g/mol. The molecule has 0 aromatic rings. The lowest BCUT2D eigenvalue weighted by atomic mass is 9.86. The summed E-state index contributed by atoms with van der Waals surface area (Å²) in [7, 11) is -3.55. The lowest BCUT2D eigenvalue weighted by Gasteiger charge is -2.22. The summed E-state index contributed by atoms with van der Waals surface area (Å²) < 4.78 is 32.3. The number of rotatable bonds is 0. The van der Waals surface area contributed by atoms with Crippen LogP contribution in [0.4, 0.5) is 0 Å². The Morgan fingerprint density at radius 3 is 2.77 bits per heavy atom. The summed E-state index contributed by atoms with van der Waals surface area (Å²) in [5, 5.41) is 9.54. The number of fused-ring (bicyclic) bond motifs is 1. The van der Waals surface area contributed by atoms with Crippen LogP contribution in [-0.2, 0) is 19.0 Å². The van der Waals surface area contributed by atoms with Crippen molar-refractivity contribution in [3.63, 3.8) is 0 Å². The Bertz CT molecular complexity index is 363. The van der Waals surface area contributed by atoms with Crippen molar-refractivity contribution in [3.05, 3.63) is 0 Å². The Balaban J connectivity index is 2.18. The summed E-state index contributed by atoms with van der Waals surface area (Å²) in [4.78, 5) is 0. The molecule has 0 aromatic carbocycles. The normalized spacial score (nSPS) is 61.7. The molecular weight excluding hydrogens is 196 g/mol. The van der Waals surface area contributed by atoms with Gasteiger partial charge in [0.15, 0.2) is 0 Å². The quantitative estimate of drug-likeness (QED) is 0.515. The van der Waals surface area contributed by atoms with Gasteiger partial charge in [-0.3, -0.25) is 4.18 Å². The minimum absolute atomic E-state index is 0.345. The van der Waals surface area contributed by atoms with Gasteiger partial charge in [0, 0.05) is 6.42 Å². The van der Waals surface area contributed by atoms with Crippen molar-refractivity contribution in [2.45, 2.75) is 42.5 Å². The molecule has 3 aliphatic rings. The molecule has 3 aliphatic heterocycles. The maximum absolute atomic E-state index is 11.5. The Morgan fingerprint density at radius 1 is 1.54 bits per heavy atom. The van der Waals surface area contributed by atoms with Gasteiger partial charge >= 0.3 is 0 Å². The first-order valence-corrected chi connectivity index (χ1v) is 5.63. The molecule has 3 heterocycles. The lowest BCUT2D eigenvalue weighted by Crippen LogP contribution is -2.45. The molecule has 0 saturated carbocycles. The summed E-state index contributed by atoms with van der Waals surface area (Å²) in [6.07, 6.45) is -1.95. The molecular formula is C7H10O5S. The Morgan fingerprint density at radius 2 is 2.23 bits per heavy atom. The molecule has 3 rings (SSSR count). The number of hydrogen-bond acceptors (Lipinski definition) is 5. The van der Waals surface area contributed by atoms with Gasteiger partial charge in [0.2, 0.25) is 0 Å². The lowest BCUT2D eigenvalue weighted by molar-refractivity contribution is 0.0398. The molecule has 0 aliphatic carbocycles. The molecule has 0 amide bonds. The fourth-order valence-electron chi connectivity index (χ4n) is 2.52. The predicted octanol–water partition coefficient (Wildman–Crippen LogP) is -0.994. The number of ether oxygens (including phenoxy) is 1. The SMILES string of the molecule is CC12CC3OC1C(OS2(=O)=O)C3O. The van der Waals surface area contributed by atoms with Gasteiger partial charge in [0.25, 0.3) is 10.1 Å². The zero-order valence-electron chi connectivity index (χ0n) is 7.00. The van der Waals surface area contributed by atoms with Crippen LogP contribution in [0.15, 0.2) is 0 Å². The van der Waals surface area contributed by atoms with Crippen molar-refractivity contribution < 1.29 is 22.4 Å². The largest absolute Gasteiger partial charge is 0.388 e. The molecule has 1 N–H and O–H groups in total. The van der Waals surface area contributed by atoms with Gasteiger partial charge in [-0.15, -0.1) is 0 Å². The number of hydrogen-bond donors (Lipinski definition) is 1. The molecule has 13 heavy (non-hydrogen) atoms. The fraction of sp³-hybridized carbons (Fsp3) is 1.00. The van der Waals surface area contributed by atoms with Gasteiger partial charge in [0.05, 0.1) is 6.10 Å². The average Bonchev–Trinajstić information content (AvgIpc) is 2.53. The third-order valence-electron chi connectivity index (χ3n) is 3.35. The molecule has 6 heteroatoms. The Hall–Kier alpha value is -0.170. The molecule has 3 saturated heterocycles. The van der Waals surface area contributed by atoms with Gasteiger partial charge < -0.3 is 9.84 Å². The van der Waals surface area contributed by atoms with Crippen LogP contribution in [0.2, 0.25) is 0 Å². The van der Waals surface area contributed by atoms with Crippen molar-refractivity contribution in [3.8, 4) is 0 Å². The predicted molar refractivity (Wildman–Crippen MR) is 41.5 cm³/mol. The molecule has 3 fully saturated rings. The highest BCUT2D eigenvalue weighted by Crippen LogP contribution is 2.53. The first-order valence-electron chi connectivity index (χ1n) is 4.22. The average molecular weight is 206 g/mol. The van der Waals surface area contributed by atoms with E-state index in [0.29, 0.717) is 6.42 Å². The van der Waals surface area contributed by atoms with Crippen LogP contribution in [0.3, 0.4) is 0 Å². The van der Waals surface area contributed by atoms with Crippen LogP contribution in [0, 0.1) is 0 Å². The highest BCUT2D eigenvalue weighted by atomic mass is 32.2. The third kappa shape index (κ3) is 0.686. The van der Waals surface area contributed by atoms with Gasteiger partial charge in [-0.25, -0.2) is 0 Å². The van der Waals surface area contributed by atoms with E-state index in [-0.39, 0.29) is 6.10 Å². The topological polar surface area (TPSA) is 72.8 Å². The van der Waals surface area contributed by atoms with Crippen molar-refractivity contribution >= 4 is 10.1 Å². The maximum atomic E-state index is 11.5. The fourth-order valence-corrected chi connectivity index (χ4v) is 4.09. The molecule has 0 aromatic heterocycles. The van der Waals surface area contributed by atoms with Gasteiger partial charge in [-0.1, -0.05) is 0 Å². The second-order valence-corrected chi connectivity index (χ2v) is 6.15. The smallest absolute Gasteiger partial charge is 0.276 e. The van der Waals surface area contributed by atoms with E-state index in [2.05, 4.69) is 0 Å². The molecule has 5 nitrogen and oxygen atoms in total. The van der Waals surface area contributed by atoms with E-state index in [1.165, 1.54) is 0 Å². The van der Waals surface area contributed by atoms with Gasteiger partial charge in [-0.2, -0.15) is 8.42 Å². The molecule has 5 atom stereocenters. The Kier molecular flexibility index (Phi) is 1.21. The molecule has 2 bridgehead atoms. The number of aliphatic hydroxyl groups excluding tert-OH is 1.